The first kappa shape index (κ1) is 15.1. The molecule has 2 aromatic rings. The standard InChI is InChI=1S/C14H19N5O2S/c1-19-6-3-11(4-7-19)18-22(20,21)14-12(15)8-10-9-16-5-2-13(10)17-14/h2,5,8-9,11,18H,3-4,6-7,15H2,1H3. The van der Waals surface area contributed by atoms with Crippen LogP contribution in [0.15, 0.2) is 29.6 Å². The van der Waals surface area contributed by atoms with Crippen molar-refractivity contribution in [1.82, 2.24) is 19.6 Å². The number of sulfonamides is 1. The quantitative estimate of drug-likeness (QED) is 0.858. The lowest BCUT2D eigenvalue weighted by Crippen LogP contribution is -2.43. The Bertz CT molecular complexity index is 785. The third kappa shape index (κ3) is 3.03. The highest BCUT2D eigenvalue weighted by Crippen LogP contribution is 2.22. The van der Waals surface area contributed by atoms with Crippen molar-refractivity contribution in [1.29, 1.82) is 0 Å². The summed E-state index contributed by atoms with van der Waals surface area (Å²) in [6, 6.07) is 3.19. The van der Waals surface area contributed by atoms with Crippen molar-refractivity contribution >= 4 is 26.6 Å². The second kappa shape index (κ2) is 5.79. The molecule has 1 fully saturated rings. The first-order chi connectivity index (χ1) is 10.5. The van der Waals surface area contributed by atoms with Gasteiger partial charge in [0.15, 0.2) is 5.03 Å². The SMILES string of the molecule is CN1CCC(NS(=O)(=O)c2nc3ccncc3cc2N)CC1. The van der Waals surface area contributed by atoms with Crippen molar-refractivity contribution in [3.8, 4) is 0 Å². The van der Waals surface area contributed by atoms with Crippen molar-refractivity contribution in [2.45, 2.75) is 23.9 Å². The third-order valence-corrected chi connectivity index (χ3v) is 5.38. The number of rotatable bonds is 3. The Hall–Kier alpha value is -1.77. The Morgan fingerprint density at radius 3 is 2.82 bits per heavy atom. The molecule has 2 aromatic heterocycles. The zero-order valence-electron chi connectivity index (χ0n) is 12.4. The average Bonchev–Trinajstić information content (AvgIpc) is 2.48. The predicted molar refractivity (Wildman–Crippen MR) is 84.8 cm³/mol. The Labute approximate surface area is 129 Å². The van der Waals surface area contributed by atoms with Crippen LogP contribution in [0.5, 0.6) is 0 Å². The minimum Gasteiger partial charge on any atom is -0.396 e. The molecule has 0 radical (unpaired) electrons. The van der Waals surface area contributed by atoms with Gasteiger partial charge >= 0.3 is 0 Å². The molecule has 3 N–H and O–H groups in total. The monoisotopic (exact) mass is 321 g/mol. The number of piperidine rings is 1. The number of likely N-dealkylation sites (tertiary alicyclic amines) is 1. The molecule has 0 saturated carbocycles. The topological polar surface area (TPSA) is 101 Å². The summed E-state index contributed by atoms with van der Waals surface area (Å²) in [7, 11) is -1.70. The van der Waals surface area contributed by atoms with E-state index in [0.717, 1.165) is 31.3 Å². The molecule has 0 aromatic carbocycles. The maximum absolute atomic E-state index is 12.6. The lowest BCUT2D eigenvalue weighted by atomic mass is 10.1. The molecule has 3 rings (SSSR count). The van der Waals surface area contributed by atoms with Gasteiger partial charge in [-0.15, -0.1) is 0 Å². The van der Waals surface area contributed by atoms with Crippen LogP contribution >= 0.6 is 0 Å². The Morgan fingerprint density at radius 1 is 1.36 bits per heavy atom. The summed E-state index contributed by atoms with van der Waals surface area (Å²) in [5.41, 5.74) is 6.58. The number of fused-ring (bicyclic) bond motifs is 1. The number of hydrogen-bond donors (Lipinski definition) is 2. The molecule has 0 atom stereocenters. The van der Waals surface area contributed by atoms with E-state index in [-0.39, 0.29) is 16.8 Å². The molecule has 1 saturated heterocycles. The zero-order chi connectivity index (χ0) is 15.7. The minimum atomic E-state index is -3.72. The van der Waals surface area contributed by atoms with Crippen LogP contribution in [0.4, 0.5) is 5.69 Å². The van der Waals surface area contributed by atoms with Crippen LogP contribution in [-0.4, -0.2) is 49.5 Å². The molecule has 8 heteroatoms. The van der Waals surface area contributed by atoms with Gasteiger partial charge in [0.25, 0.3) is 10.0 Å². The van der Waals surface area contributed by atoms with Gasteiger partial charge in [-0.2, -0.15) is 0 Å². The number of nitrogen functional groups attached to an aromatic ring is 1. The molecular weight excluding hydrogens is 302 g/mol. The Morgan fingerprint density at radius 2 is 2.09 bits per heavy atom. The summed E-state index contributed by atoms with van der Waals surface area (Å²) in [6.07, 6.45) is 4.76. The van der Waals surface area contributed by atoms with E-state index in [0.29, 0.717) is 5.52 Å². The maximum Gasteiger partial charge on any atom is 0.260 e. The van der Waals surface area contributed by atoms with Crippen molar-refractivity contribution in [2.24, 2.45) is 0 Å². The van der Waals surface area contributed by atoms with E-state index in [1.807, 2.05) is 7.05 Å². The number of anilines is 1. The van der Waals surface area contributed by atoms with Crippen LogP contribution in [0.1, 0.15) is 12.8 Å². The van der Waals surface area contributed by atoms with Gasteiger partial charge in [0.2, 0.25) is 0 Å². The number of aromatic nitrogens is 2. The first-order valence-electron chi connectivity index (χ1n) is 7.17. The van der Waals surface area contributed by atoms with Gasteiger partial charge in [-0.1, -0.05) is 0 Å². The highest BCUT2D eigenvalue weighted by atomic mass is 32.2. The number of nitrogens with two attached hydrogens (primary N) is 1. The summed E-state index contributed by atoms with van der Waals surface area (Å²) in [5, 5.41) is 0.614. The molecule has 3 heterocycles. The van der Waals surface area contributed by atoms with Crippen molar-refractivity contribution < 1.29 is 8.42 Å². The summed E-state index contributed by atoms with van der Waals surface area (Å²) >= 11 is 0. The van der Waals surface area contributed by atoms with E-state index in [2.05, 4.69) is 19.6 Å². The smallest absolute Gasteiger partial charge is 0.260 e. The van der Waals surface area contributed by atoms with Gasteiger partial charge in [0, 0.05) is 23.8 Å². The fraction of sp³-hybridized carbons (Fsp3) is 0.429. The minimum absolute atomic E-state index is 0.0736. The van der Waals surface area contributed by atoms with Gasteiger partial charge in [0.05, 0.1) is 11.2 Å². The fourth-order valence-corrected chi connectivity index (χ4v) is 4.01. The summed E-state index contributed by atoms with van der Waals surface area (Å²) in [6.45, 7) is 1.75. The normalized spacial score (nSPS) is 17.9. The lowest BCUT2D eigenvalue weighted by molar-refractivity contribution is 0.248. The number of nitrogens with zero attached hydrogens (tertiary/aromatic N) is 3. The molecule has 0 bridgehead atoms. The average molecular weight is 321 g/mol. The van der Waals surface area contributed by atoms with E-state index in [1.165, 1.54) is 0 Å². The highest BCUT2D eigenvalue weighted by Gasteiger charge is 2.26. The number of hydrogen-bond acceptors (Lipinski definition) is 6. The molecule has 0 unspecified atom stereocenters. The van der Waals surface area contributed by atoms with Crippen LogP contribution in [0.3, 0.4) is 0 Å². The van der Waals surface area contributed by atoms with E-state index in [1.54, 1.807) is 24.5 Å². The first-order valence-corrected chi connectivity index (χ1v) is 8.65. The Kier molecular flexibility index (Phi) is 3.98. The molecule has 22 heavy (non-hydrogen) atoms. The Balaban J connectivity index is 1.90. The van der Waals surface area contributed by atoms with Gasteiger partial charge < -0.3 is 10.6 Å². The largest absolute Gasteiger partial charge is 0.396 e. The second-order valence-corrected chi connectivity index (χ2v) is 7.28. The third-order valence-electron chi connectivity index (χ3n) is 3.90. The van der Waals surface area contributed by atoms with Crippen LogP contribution in [0.25, 0.3) is 10.9 Å². The predicted octanol–water partition coefficient (Wildman–Crippen LogP) is 0.584. The highest BCUT2D eigenvalue weighted by molar-refractivity contribution is 7.89. The fourth-order valence-electron chi connectivity index (χ4n) is 2.63. The van der Waals surface area contributed by atoms with E-state index in [4.69, 9.17) is 5.73 Å². The van der Waals surface area contributed by atoms with E-state index < -0.39 is 10.0 Å². The van der Waals surface area contributed by atoms with Crippen LogP contribution in [-0.2, 0) is 10.0 Å². The van der Waals surface area contributed by atoms with Crippen molar-refractivity contribution in [3.63, 3.8) is 0 Å². The van der Waals surface area contributed by atoms with Crippen LogP contribution < -0.4 is 10.5 Å². The summed E-state index contributed by atoms with van der Waals surface area (Å²) in [5.74, 6) is 0. The molecule has 7 nitrogen and oxygen atoms in total. The van der Waals surface area contributed by atoms with Crippen LogP contribution in [0.2, 0.25) is 0 Å². The van der Waals surface area contributed by atoms with Gasteiger partial charge in [-0.05, 0) is 45.1 Å². The molecule has 0 aliphatic carbocycles. The molecule has 118 valence electrons. The van der Waals surface area contributed by atoms with E-state index in [9.17, 15) is 8.42 Å². The summed E-state index contributed by atoms with van der Waals surface area (Å²) in [4.78, 5) is 10.4. The van der Waals surface area contributed by atoms with Gasteiger partial charge in [0.1, 0.15) is 0 Å². The molecule has 1 aliphatic rings. The molecule has 1 aliphatic heterocycles. The number of pyridine rings is 2. The maximum atomic E-state index is 12.6. The number of nitrogens with one attached hydrogen (secondary N) is 1. The zero-order valence-corrected chi connectivity index (χ0v) is 13.2. The second-order valence-electron chi connectivity index (χ2n) is 5.65. The van der Waals surface area contributed by atoms with Gasteiger partial charge in [-0.25, -0.2) is 18.1 Å². The lowest BCUT2D eigenvalue weighted by Gasteiger charge is -2.29. The van der Waals surface area contributed by atoms with Crippen molar-refractivity contribution in [3.05, 3.63) is 24.5 Å². The van der Waals surface area contributed by atoms with Crippen molar-refractivity contribution in [2.75, 3.05) is 25.9 Å². The molecule has 0 amide bonds. The molecular formula is C14H19N5O2S. The van der Waals surface area contributed by atoms with Gasteiger partial charge in [-0.3, -0.25) is 4.98 Å². The molecule has 0 spiro atoms. The summed E-state index contributed by atoms with van der Waals surface area (Å²) < 4.78 is 27.9. The van der Waals surface area contributed by atoms with Crippen LogP contribution in [0, 0.1) is 0 Å². The van der Waals surface area contributed by atoms with E-state index >= 15 is 0 Å².